The monoisotopic (exact) mass is 246 g/mol. The van der Waals surface area contributed by atoms with Gasteiger partial charge in [0.15, 0.2) is 0 Å². The van der Waals surface area contributed by atoms with Crippen molar-refractivity contribution in [2.75, 3.05) is 0 Å². The van der Waals surface area contributed by atoms with Gasteiger partial charge in [0, 0.05) is 11.6 Å². The number of furan rings is 1. The largest absolute Gasteiger partial charge is 0.478 e. The van der Waals surface area contributed by atoms with Crippen molar-refractivity contribution in [2.45, 2.75) is 6.92 Å². The number of carboxylic acids is 1. The Balaban J connectivity index is 2.35. The third-order valence-corrected chi connectivity index (χ3v) is 2.55. The zero-order chi connectivity index (χ0) is 13.1. The van der Waals surface area contributed by atoms with Crippen LogP contribution in [0.3, 0.4) is 0 Å². The molecule has 0 saturated carbocycles. The Morgan fingerprint density at radius 3 is 2.83 bits per heavy atom. The molecule has 0 spiro atoms. The molecule has 18 heavy (non-hydrogen) atoms. The standard InChI is InChI=1S/C14H11FO3/c1-9-11(3-2-4-12(9)15)13-7-5-10(18-13)6-8-14(16)17/h2-8H,1H3,(H,16,17)/b8-6+. The van der Waals surface area contributed by atoms with Crippen LogP contribution < -0.4 is 0 Å². The summed E-state index contributed by atoms with van der Waals surface area (Å²) in [6.07, 6.45) is 2.33. The average Bonchev–Trinajstić information content (AvgIpc) is 2.78. The molecule has 4 heteroatoms. The summed E-state index contributed by atoms with van der Waals surface area (Å²) < 4.78 is 18.8. The molecule has 1 heterocycles. The van der Waals surface area contributed by atoms with E-state index in [-0.39, 0.29) is 5.82 Å². The van der Waals surface area contributed by atoms with E-state index >= 15 is 0 Å². The molecule has 2 aromatic rings. The number of benzene rings is 1. The number of halogens is 1. The number of hydrogen-bond acceptors (Lipinski definition) is 2. The minimum Gasteiger partial charge on any atom is -0.478 e. The molecular weight excluding hydrogens is 235 g/mol. The smallest absolute Gasteiger partial charge is 0.328 e. The van der Waals surface area contributed by atoms with Gasteiger partial charge >= 0.3 is 5.97 Å². The first kappa shape index (κ1) is 12.1. The Morgan fingerprint density at radius 2 is 2.11 bits per heavy atom. The zero-order valence-electron chi connectivity index (χ0n) is 9.68. The van der Waals surface area contributed by atoms with E-state index in [2.05, 4.69) is 0 Å². The second-order valence-electron chi connectivity index (χ2n) is 3.79. The van der Waals surface area contributed by atoms with Crippen molar-refractivity contribution < 1.29 is 18.7 Å². The van der Waals surface area contributed by atoms with E-state index in [9.17, 15) is 9.18 Å². The van der Waals surface area contributed by atoms with E-state index in [4.69, 9.17) is 9.52 Å². The summed E-state index contributed by atoms with van der Waals surface area (Å²) >= 11 is 0. The van der Waals surface area contributed by atoms with Crippen LogP contribution in [-0.2, 0) is 4.79 Å². The molecule has 0 aliphatic heterocycles. The van der Waals surface area contributed by atoms with Crippen LogP contribution >= 0.6 is 0 Å². The van der Waals surface area contributed by atoms with Gasteiger partial charge in [-0.1, -0.05) is 12.1 Å². The molecule has 3 nitrogen and oxygen atoms in total. The summed E-state index contributed by atoms with van der Waals surface area (Å²) in [5.74, 6) is -0.422. The number of carboxylic acid groups (broad SMARTS) is 1. The van der Waals surface area contributed by atoms with Crippen LogP contribution in [0.5, 0.6) is 0 Å². The minimum absolute atomic E-state index is 0.300. The Hall–Kier alpha value is -2.36. The maximum atomic E-state index is 13.4. The Morgan fingerprint density at radius 1 is 1.33 bits per heavy atom. The van der Waals surface area contributed by atoms with Crippen LogP contribution in [0.2, 0.25) is 0 Å². The van der Waals surface area contributed by atoms with Crippen LogP contribution in [0.1, 0.15) is 11.3 Å². The average molecular weight is 246 g/mol. The third kappa shape index (κ3) is 2.48. The van der Waals surface area contributed by atoms with Crippen LogP contribution in [0.25, 0.3) is 17.4 Å². The van der Waals surface area contributed by atoms with E-state index < -0.39 is 5.97 Å². The fraction of sp³-hybridized carbons (Fsp3) is 0.0714. The van der Waals surface area contributed by atoms with Crippen molar-refractivity contribution in [3.8, 4) is 11.3 Å². The molecule has 0 radical (unpaired) electrons. The molecule has 1 N–H and O–H groups in total. The topological polar surface area (TPSA) is 50.4 Å². The molecule has 0 atom stereocenters. The normalized spacial score (nSPS) is 11.0. The number of carbonyl (C=O) groups is 1. The van der Waals surface area contributed by atoms with Crippen molar-refractivity contribution in [3.05, 3.63) is 53.5 Å². The molecule has 0 aliphatic rings. The van der Waals surface area contributed by atoms with Crippen molar-refractivity contribution in [1.29, 1.82) is 0 Å². The lowest BCUT2D eigenvalue weighted by atomic mass is 10.1. The van der Waals surface area contributed by atoms with Crippen molar-refractivity contribution in [2.24, 2.45) is 0 Å². The third-order valence-electron chi connectivity index (χ3n) is 2.55. The summed E-state index contributed by atoms with van der Waals surface area (Å²) in [5.41, 5.74) is 1.16. The number of aliphatic carboxylic acids is 1. The lowest BCUT2D eigenvalue weighted by Gasteiger charge is -2.02. The van der Waals surface area contributed by atoms with E-state index in [0.717, 1.165) is 6.08 Å². The fourth-order valence-corrected chi connectivity index (χ4v) is 1.61. The van der Waals surface area contributed by atoms with Gasteiger partial charge in [-0.25, -0.2) is 9.18 Å². The van der Waals surface area contributed by atoms with Crippen LogP contribution in [0.4, 0.5) is 4.39 Å². The summed E-state index contributed by atoms with van der Waals surface area (Å²) in [5, 5.41) is 8.50. The van der Waals surface area contributed by atoms with Gasteiger partial charge in [-0.2, -0.15) is 0 Å². The zero-order valence-corrected chi connectivity index (χ0v) is 9.68. The second kappa shape index (κ2) is 4.87. The maximum absolute atomic E-state index is 13.4. The Bertz CT molecular complexity index is 611. The molecule has 0 unspecified atom stereocenters. The van der Waals surface area contributed by atoms with Crippen LogP contribution in [0.15, 0.2) is 40.8 Å². The molecule has 1 aromatic heterocycles. The van der Waals surface area contributed by atoms with Crippen LogP contribution in [-0.4, -0.2) is 11.1 Å². The lowest BCUT2D eigenvalue weighted by Crippen LogP contribution is -1.86. The van der Waals surface area contributed by atoms with Crippen molar-refractivity contribution >= 4 is 12.0 Å². The van der Waals surface area contributed by atoms with Gasteiger partial charge in [0.1, 0.15) is 17.3 Å². The molecular formula is C14H11FO3. The molecule has 0 bridgehead atoms. The lowest BCUT2D eigenvalue weighted by molar-refractivity contribution is -0.131. The molecule has 0 aliphatic carbocycles. The van der Waals surface area contributed by atoms with E-state index in [1.165, 1.54) is 12.1 Å². The van der Waals surface area contributed by atoms with Gasteiger partial charge in [-0.05, 0) is 36.8 Å². The molecule has 2 rings (SSSR count). The number of rotatable bonds is 3. The summed E-state index contributed by atoms with van der Waals surface area (Å²) in [6, 6.07) is 8.06. The molecule has 0 amide bonds. The second-order valence-corrected chi connectivity index (χ2v) is 3.79. The van der Waals surface area contributed by atoms with Gasteiger partial charge in [0.25, 0.3) is 0 Å². The van der Waals surface area contributed by atoms with E-state index in [0.29, 0.717) is 22.6 Å². The van der Waals surface area contributed by atoms with E-state index in [1.807, 2.05) is 0 Å². The predicted molar refractivity (Wildman–Crippen MR) is 65.5 cm³/mol. The Labute approximate surface area is 103 Å². The highest BCUT2D eigenvalue weighted by Crippen LogP contribution is 2.27. The Kier molecular flexibility index (Phi) is 3.28. The van der Waals surface area contributed by atoms with Crippen molar-refractivity contribution in [1.82, 2.24) is 0 Å². The van der Waals surface area contributed by atoms with Gasteiger partial charge in [0.05, 0.1) is 0 Å². The highest BCUT2D eigenvalue weighted by atomic mass is 19.1. The molecule has 92 valence electrons. The number of hydrogen-bond donors (Lipinski definition) is 1. The van der Waals surface area contributed by atoms with Gasteiger partial charge in [-0.3, -0.25) is 0 Å². The highest BCUT2D eigenvalue weighted by Gasteiger charge is 2.09. The first-order valence-electron chi connectivity index (χ1n) is 5.34. The predicted octanol–water partition coefficient (Wildman–Crippen LogP) is 3.49. The summed E-state index contributed by atoms with van der Waals surface area (Å²) in [4.78, 5) is 10.4. The molecule has 0 saturated heterocycles. The summed E-state index contributed by atoms with van der Waals surface area (Å²) in [6.45, 7) is 1.67. The quantitative estimate of drug-likeness (QED) is 0.843. The van der Waals surface area contributed by atoms with E-state index in [1.54, 1.807) is 31.2 Å². The van der Waals surface area contributed by atoms with Gasteiger partial charge < -0.3 is 9.52 Å². The maximum Gasteiger partial charge on any atom is 0.328 e. The van der Waals surface area contributed by atoms with Crippen molar-refractivity contribution in [3.63, 3.8) is 0 Å². The SMILES string of the molecule is Cc1c(F)cccc1-c1ccc(/C=C/C(=O)O)o1. The fourth-order valence-electron chi connectivity index (χ4n) is 1.61. The molecule has 1 aromatic carbocycles. The highest BCUT2D eigenvalue weighted by molar-refractivity contribution is 5.84. The first-order valence-corrected chi connectivity index (χ1v) is 5.34. The van der Waals surface area contributed by atoms with Gasteiger partial charge in [0.2, 0.25) is 0 Å². The minimum atomic E-state index is -1.05. The van der Waals surface area contributed by atoms with Crippen LogP contribution in [0, 0.1) is 12.7 Å². The van der Waals surface area contributed by atoms with Gasteiger partial charge in [-0.15, -0.1) is 0 Å². The summed E-state index contributed by atoms with van der Waals surface area (Å²) in [7, 11) is 0. The first-order chi connectivity index (χ1) is 8.58. The molecule has 0 fully saturated rings.